The number of nitrogens with one attached hydrogen (secondary N) is 1. The molecule has 0 amide bonds. The Balaban J connectivity index is 2.47. The molecule has 1 aliphatic heterocycles. The van der Waals surface area contributed by atoms with Crippen LogP contribution in [-0.2, 0) is 11.3 Å². The van der Waals surface area contributed by atoms with Crippen LogP contribution in [0.15, 0.2) is 34.2 Å². The number of oxime groups is 1. The molecule has 0 unspecified atom stereocenters. The van der Waals surface area contributed by atoms with E-state index < -0.39 is 11.5 Å². The van der Waals surface area contributed by atoms with Gasteiger partial charge in [-0.05, 0) is 11.6 Å². The van der Waals surface area contributed by atoms with Gasteiger partial charge in [-0.3, -0.25) is 4.79 Å². The number of hydrogen-bond acceptors (Lipinski definition) is 4. The molecule has 17 heavy (non-hydrogen) atoms. The molecular weight excluding hydrogens is 220 g/mol. The smallest absolute Gasteiger partial charge is 0.321 e. The minimum Gasteiger partial charge on any atom is -0.321 e. The van der Waals surface area contributed by atoms with E-state index in [1.807, 2.05) is 18.2 Å². The van der Waals surface area contributed by atoms with E-state index in [9.17, 15) is 9.59 Å². The lowest BCUT2D eigenvalue weighted by atomic mass is 10.0. The summed E-state index contributed by atoms with van der Waals surface area (Å²) in [5, 5.41) is 4.33. The molecule has 0 fully saturated rings. The van der Waals surface area contributed by atoms with E-state index in [2.05, 4.69) is 15.0 Å². The van der Waals surface area contributed by atoms with Crippen molar-refractivity contribution < 1.29 is 9.63 Å². The monoisotopic (exact) mass is 228 g/mol. The molecule has 2 heterocycles. The number of aromatic nitrogens is 1. The summed E-state index contributed by atoms with van der Waals surface area (Å²) >= 11 is 0. The Morgan fingerprint density at radius 2 is 2.06 bits per heavy atom. The second-order valence-electron chi connectivity index (χ2n) is 3.72. The van der Waals surface area contributed by atoms with Crippen molar-refractivity contribution in [3.8, 4) is 0 Å². The van der Waals surface area contributed by atoms with Gasteiger partial charge >= 0.3 is 5.97 Å². The number of fused-ring (bicyclic) bond motifs is 3. The highest BCUT2D eigenvalue weighted by Gasteiger charge is 2.22. The van der Waals surface area contributed by atoms with Gasteiger partial charge in [-0.15, -0.1) is 0 Å². The fourth-order valence-corrected chi connectivity index (χ4v) is 2.00. The first-order chi connectivity index (χ1) is 8.27. The summed E-state index contributed by atoms with van der Waals surface area (Å²) in [7, 11) is 0. The predicted molar refractivity (Wildman–Crippen MR) is 62.2 cm³/mol. The summed E-state index contributed by atoms with van der Waals surface area (Å²) in [6, 6.07) is 7.34. The first-order valence-corrected chi connectivity index (χ1v) is 5.14. The Morgan fingerprint density at radius 3 is 2.94 bits per heavy atom. The van der Waals surface area contributed by atoms with E-state index in [-0.39, 0.29) is 5.56 Å². The molecule has 0 bridgehead atoms. The average molecular weight is 228 g/mol. The number of benzene rings is 1. The molecule has 1 aromatic carbocycles. The van der Waals surface area contributed by atoms with Crippen LogP contribution in [-0.4, -0.2) is 17.2 Å². The second-order valence-corrected chi connectivity index (χ2v) is 3.72. The zero-order chi connectivity index (χ0) is 11.8. The molecule has 1 N–H and O–H groups in total. The minimum atomic E-state index is -0.708. The number of hydrogen-bond donors (Lipinski definition) is 1. The molecule has 0 saturated carbocycles. The first-order valence-electron chi connectivity index (χ1n) is 5.14. The highest BCUT2D eigenvalue weighted by atomic mass is 16.7. The van der Waals surface area contributed by atoms with Gasteiger partial charge in [0.25, 0.3) is 5.56 Å². The lowest BCUT2D eigenvalue weighted by Crippen LogP contribution is -2.20. The van der Waals surface area contributed by atoms with E-state index in [1.54, 1.807) is 6.07 Å². The van der Waals surface area contributed by atoms with Crippen LogP contribution in [0.25, 0.3) is 10.9 Å². The maximum atomic E-state index is 11.8. The van der Waals surface area contributed by atoms with E-state index in [0.29, 0.717) is 17.5 Å². The molecular formula is C12H8N2O3. The summed E-state index contributed by atoms with van der Waals surface area (Å²) < 4.78 is 0. The zero-order valence-corrected chi connectivity index (χ0v) is 8.77. The number of carbonyl (C=O) groups excluding carboxylic acids is 1. The number of H-pyrrole nitrogens is 1. The summed E-state index contributed by atoms with van der Waals surface area (Å²) in [4.78, 5) is 30.7. The molecule has 2 aromatic rings. The third-order valence-electron chi connectivity index (χ3n) is 2.74. The SMILES string of the molecule is O=C1ON=CCc2c1c(=O)[nH]c1ccccc21. The molecule has 5 heteroatoms. The second kappa shape index (κ2) is 3.55. The van der Waals surface area contributed by atoms with Gasteiger partial charge < -0.3 is 9.82 Å². The Kier molecular flexibility index (Phi) is 2.04. The van der Waals surface area contributed by atoms with Gasteiger partial charge in [0.1, 0.15) is 5.56 Å². The van der Waals surface area contributed by atoms with Gasteiger partial charge in [0.05, 0.1) is 0 Å². The number of para-hydroxylation sites is 1. The Morgan fingerprint density at radius 1 is 1.24 bits per heavy atom. The Hall–Kier alpha value is -2.43. The van der Waals surface area contributed by atoms with Crippen molar-refractivity contribution in [3.05, 3.63) is 45.7 Å². The quantitative estimate of drug-likeness (QED) is 0.689. The van der Waals surface area contributed by atoms with E-state index in [4.69, 9.17) is 0 Å². The standard InChI is InChI=1S/C12H8N2O3/c15-11-10-8(5-6-13-17-12(10)16)7-3-1-2-4-9(7)14-11/h1-4,6H,5H2,(H,14,15). The topological polar surface area (TPSA) is 71.5 Å². The molecule has 84 valence electrons. The molecule has 5 nitrogen and oxygen atoms in total. The molecule has 3 rings (SSSR count). The molecule has 0 radical (unpaired) electrons. The molecule has 1 aliphatic rings. The highest BCUT2D eigenvalue weighted by molar-refractivity contribution is 5.99. The van der Waals surface area contributed by atoms with Crippen LogP contribution in [0.1, 0.15) is 15.9 Å². The van der Waals surface area contributed by atoms with Crippen LogP contribution in [0.5, 0.6) is 0 Å². The molecule has 0 aliphatic carbocycles. The van der Waals surface area contributed by atoms with Gasteiger partial charge in [0, 0.05) is 23.5 Å². The van der Waals surface area contributed by atoms with Crippen molar-refractivity contribution in [2.75, 3.05) is 0 Å². The summed E-state index contributed by atoms with van der Waals surface area (Å²) in [6.07, 6.45) is 1.89. The molecule has 1 aromatic heterocycles. The maximum absolute atomic E-state index is 11.8. The van der Waals surface area contributed by atoms with Gasteiger partial charge in [0.2, 0.25) is 0 Å². The van der Waals surface area contributed by atoms with Gasteiger partial charge in [0.15, 0.2) is 0 Å². The average Bonchev–Trinajstić information content (AvgIpc) is 2.52. The number of rotatable bonds is 0. The number of aromatic amines is 1. The summed E-state index contributed by atoms with van der Waals surface area (Å²) in [6.45, 7) is 0. The van der Waals surface area contributed by atoms with E-state index in [1.165, 1.54) is 6.21 Å². The zero-order valence-electron chi connectivity index (χ0n) is 8.77. The third kappa shape index (κ3) is 1.44. The largest absolute Gasteiger partial charge is 0.371 e. The molecule has 0 atom stereocenters. The van der Waals surface area contributed by atoms with Crippen LogP contribution in [0.4, 0.5) is 0 Å². The number of carbonyl (C=O) groups is 1. The number of nitrogens with zero attached hydrogens (tertiary/aromatic N) is 1. The first kappa shape index (κ1) is 9.77. The van der Waals surface area contributed by atoms with Crippen molar-refractivity contribution in [2.24, 2.45) is 5.16 Å². The summed E-state index contributed by atoms with van der Waals surface area (Å²) in [5.74, 6) is -0.708. The summed E-state index contributed by atoms with van der Waals surface area (Å²) in [5.41, 5.74) is 0.977. The van der Waals surface area contributed by atoms with Crippen molar-refractivity contribution in [2.45, 2.75) is 6.42 Å². The van der Waals surface area contributed by atoms with Crippen molar-refractivity contribution in [1.29, 1.82) is 0 Å². The Labute approximate surface area is 95.7 Å². The van der Waals surface area contributed by atoms with Crippen molar-refractivity contribution in [3.63, 3.8) is 0 Å². The number of pyridine rings is 1. The van der Waals surface area contributed by atoms with Gasteiger partial charge in [-0.1, -0.05) is 23.4 Å². The van der Waals surface area contributed by atoms with Gasteiger partial charge in [-0.25, -0.2) is 4.79 Å². The van der Waals surface area contributed by atoms with Crippen LogP contribution in [0.3, 0.4) is 0 Å². The van der Waals surface area contributed by atoms with Crippen LogP contribution in [0, 0.1) is 0 Å². The van der Waals surface area contributed by atoms with Crippen LogP contribution >= 0.6 is 0 Å². The third-order valence-corrected chi connectivity index (χ3v) is 2.74. The fourth-order valence-electron chi connectivity index (χ4n) is 2.00. The van der Waals surface area contributed by atoms with Gasteiger partial charge in [-0.2, -0.15) is 0 Å². The molecule has 0 saturated heterocycles. The fraction of sp³-hybridized carbons (Fsp3) is 0.0833. The van der Waals surface area contributed by atoms with Crippen molar-refractivity contribution >= 4 is 23.1 Å². The normalized spacial score (nSPS) is 14.2. The van der Waals surface area contributed by atoms with Crippen molar-refractivity contribution in [1.82, 2.24) is 4.98 Å². The highest BCUT2D eigenvalue weighted by Crippen LogP contribution is 2.20. The van der Waals surface area contributed by atoms with Crippen LogP contribution in [0.2, 0.25) is 0 Å². The van der Waals surface area contributed by atoms with Crippen LogP contribution < -0.4 is 5.56 Å². The predicted octanol–water partition coefficient (Wildman–Crippen LogP) is 1.23. The minimum absolute atomic E-state index is 0.0428. The van der Waals surface area contributed by atoms with E-state index in [0.717, 1.165) is 5.39 Å². The Bertz CT molecular complexity index is 700. The maximum Gasteiger partial charge on any atom is 0.371 e. The lowest BCUT2D eigenvalue weighted by Gasteiger charge is -2.06. The van der Waals surface area contributed by atoms with E-state index >= 15 is 0 Å². The lowest BCUT2D eigenvalue weighted by molar-refractivity contribution is 0.0519. The molecule has 0 spiro atoms.